The van der Waals surface area contributed by atoms with E-state index in [1.54, 1.807) is 30.6 Å². The first-order valence-electron chi connectivity index (χ1n) is 9.06. The monoisotopic (exact) mass is 411 g/mol. The molecule has 0 aliphatic carbocycles. The number of rotatable bonds is 5. The van der Waals surface area contributed by atoms with Gasteiger partial charge in [0.1, 0.15) is 5.75 Å². The second-order valence-electron chi connectivity index (χ2n) is 6.70. The molecule has 2 heterocycles. The molecule has 0 spiro atoms. The van der Waals surface area contributed by atoms with Crippen LogP contribution in [-0.2, 0) is 4.79 Å². The first-order chi connectivity index (χ1) is 14.0. The summed E-state index contributed by atoms with van der Waals surface area (Å²) < 4.78 is 15.8. The van der Waals surface area contributed by atoms with Crippen LogP contribution < -0.4 is 19.5 Å². The highest BCUT2D eigenvalue weighted by atomic mass is 32.1. The molecule has 0 unspecified atom stereocenters. The van der Waals surface area contributed by atoms with Crippen molar-refractivity contribution in [3.8, 4) is 34.1 Å². The summed E-state index contributed by atoms with van der Waals surface area (Å²) in [5, 5.41) is 15.3. The van der Waals surface area contributed by atoms with Crippen LogP contribution in [0.25, 0.3) is 11.1 Å². The average molecular weight is 411 g/mol. The first-order valence-corrected chi connectivity index (χ1v) is 9.94. The quantitative estimate of drug-likeness (QED) is 0.641. The average Bonchev–Trinajstić information content (AvgIpc) is 3.17. The molecule has 1 amide bonds. The van der Waals surface area contributed by atoms with Crippen LogP contribution in [0.1, 0.15) is 22.8 Å². The van der Waals surface area contributed by atoms with E-state index < -0.39 is 0 Å². The molecule has 1 aliphatic heterocycles. The maximum Gasteiger partial charge on any atom is 0.225 e. The van der Waals surface area contributed by atoms with Gasteiger partial charge in [0, 0.05) is 28.2 Å². The van der Waals surface area contributed by atoms with Crippen molar-refractivity contribution in [1.82, 2.24) is 0 Å². The molecular weight excluding hydrogens is 390 g/mol. The minimum atomic E-state index is -0.154. The molecule has 3 aromatic rings. The van der Waals surface area contributed by atoms with Crippen LogP contribution in [0.3, 0.4) is 0 Å². The van der Waals surface area contributed by atoms with Crippen LogP contribution in [0.5, 0.6) is 23.0 Å². The van der Waals surface area contributed by atoms with E-state index in [0.717, 1.165) is 33.0 Å². The van der Waals surface area contributed by atoms with E-state index in [1.807, 2.05) is 24.3 Å². The summed E-state index contributed by atoms with van der Waals surface area (Å²) in [5.41, 5.74) is 3.66. The molecule has 1 atom stereocenters. The summed E-state index contributed by atoms with van der Waals surface area (Å²) in [6, 6.07) is 11.3. The Bertz CT molecular complexity index is 1030. The van der Waals surface area contributed by atoms with Crippen LogP contribution in [0.2, 0.25) is 0 Å². The summed E-state index contributed by atoms with van der Waals surface area (Å²) in [6.45, 7) is 0. The molecule has 0 saturated heterocycles. The molecule has 2 aromatic carbocycles. The Kier molecular flexibility index (Phi) is 5.07. The lowest BCUT2D eigenvalue weighted by molar-refractivity contribution is -0.116. The van der Waals surface area contributed by atoms with Crippen LogP contribution in [-0.4, -0.2) is 32.3 Å². The summed E-state index contributed by atoms with van der Waals surface area (Å²) in [5.74, 6) is 1.16. The Morgan fingerprint density at radius 2 is 1.69 bits per heavy atom. The normalized spacial score (nSPS) is 15.4. The summed E-state index contributed by atoms with van der Waals surface area (Å²) >= 11 is 1.60. The zero-order valence-corrected chi connectivity index (χ0v) is 17.1. The van der Waals surface area contributed by atoms with Gasteiger partial charge in [-0.25, -0.2) is 0 Å². The Morgan fingerprint density at radius 3 is 2.28 bits per heavy atom. The number of amides is 1. The summed E-state index contributed by atoms with van der Waals surface area (Å²) in [6.07, 6.45) is 0.312. The van der Waals surface area contributed by atoms with Crippen molar-refractivity contribution in [3.05, 3.63) is 52.2 Å². The van der Waals surface area contributed by atoms with Crippen LogP contribution in [0, 0.1) is 0 Å². The molecule has 2 N–H and O–H groups in total. The van der Waals surface area contributed by atoms with E-state index in [4.69, 9.17) is 14.2 Å². The summed E-state index contributed by atoms with van der Waals surface area (Å²) in [7, 11) is 4.61. The van der Waals surface area contributed by atoms with Crippen molar-refractivity contribution in [2.45, 2.75) is 12.3 Å². The number of methoxy groups -OCH3 is 3. The molecule has 6 nitrogen and oxygen atoms in total. The number of fused-ring (bicyclic) bond motifs is 1. The third-order valence-corrected chi connectivity index (χ3v) is 6.19. The molecule has 1 aliphatic rings. The standard InChI is InChI=1S/C22H21NO5S/c1-26-14-6-4-12(5-7-14)16-11-29-22-15(10-19(24)23-20(16)22)13-8-17(27-2)21(25)18(9-13)28-3/h4-9,11,15,25H,10H2,1-3H3,(H,23,24)/t15-/m0/s1. The van der Waals surface area contributed by atoms with Gasteiger partial charge in [-0.3, -0.25) is 4.79 Å². The number of phenols is 1. The van der Waals surface area contributed by atoms with Gasteiger partial charge in [-0.05, 0) is 35.4 Å². The molecule has 0 fully saturated rings. The zero-order chi connectivity index (χ0) is 20.5. The lowest BCUT2D eigenvalue weighted by atomic mass is 9.88. The highest BCUT2D eigenvalue weighted by Gasteiger charge is 2.31. The number of benzene rings is 2. The molecular formula is C22H21NO5S. The molecule has 4 rings (SSSR count). The number of thiophene rings is 1. The smallest absolute Gasteiger partial charge is 0.225 e. The fourth-order valence-electron chi connectivity index (χ4n) is 3.59. The fourth-order valence-corrected chi connectivity index (χ4v) is 4.76. The predicted molar refractivity (Wildman–Crippen MR) is 113 cm³/mol. The van der Waals surface area contributed by atoms with E-state index in [-0.39, 0.29) is 17.6 Å². The van der Waals surface area contributed by atoms with Gasteiger partial charge in [0.05, 0.1) is 27.0 Å². The third kappa shape index (κ3) is 3.38. The van der Waals surface area contributed by atoms with Gasteiger partial charge in [-0.15, -0.1) is 11.3 Å². The minimum absolute atomic E-state index is 0.0515. The Hall–Kier alpha value is -3.19. The third-order valence-electron chi connectivity index (χ3n) is 5.10. The van der Waals surface area contributed by atoms with Gasteiger partial charge in [0.15, 0.2) is 11.5 Å². The maximum atomic E-state index is 12.5. The number of phenolic OH excluding ortho intramolecular Hbond substituents is 1. The van der Waals surface area contributed by atoms with Gasteiger partial charge < -0.3 is 24.6 Å². The number of carbonyl (C=O) groups is 1. The SMILES string of the molecule is COc1ccc(-c2csc3c2NC(=O)C[C@H]3c2cc(OC)c(O)c(OC)c2)cc1. The number of nitrogens with one attached hydrogen (secondary N) is 1. The highest BCUT2D eigenvalue weighted by Crippen LogP contribution is 2.49. The van der Waals surface area contributed by atoms with Crippen LogP contribution in [0.15, 0.2) is 41.8 Å². The Balaban J connectivity index is 1.80. The Morgan fingerprint density at radius 1 is 1.03 bits per heavy atom. The van der Waals surface area contributed by atoms with Crippen molar-refractivity contribution in [2.24, 2.45) is 0 Å². The minimum Gasteiger partial charge on any atom is -0.502 e. The maximum absolute atomic E-state index is 12.5. The van der Waals surface area contributed by atoms with Crippen molar-refractivity contribution < 1.29 is 24.1 Å². The molecule has 0 saturated carbocycles. The van der Waals surface area contributed by atoms with E-state index in [1.165, 1.54) is 14.2 Å². The number of anilines is 1. The summed E-state index contributed by atoms with van der Waals surface area (Å²) in [4.78, 5) is 13.6. The van der Waals surface area contributed by atoms with Crippen molar-refractivity contribution >= 4 is 22.9 Å². The van der Waals surface area contributed by atoms with Gasteiger partial charge in [-0.2, -0.15) is 0 Å². The molecule has 0 bridgehead atoms. The van der Waals surface area contributed by atoms with E-state index in [0.29, 0.717) is 17.9 Å². The first kappa shape index (κ1) is 19.1. The molecule has 1 aromatic heterocycles. The molecule has 29 heavy (non-hydrogen) atoms. The van der Waals surface area contributed by atoms with E-state index >= 15 is 0 Å². The van der Waals surface area contributed by atoms with Gasteiger partial charge >= 0.3 is 0 Å². The molecule has 0 radical (unpaired) electrons. The van der Waals surface area contributed by atoms with Crippen LogP contribution >= 0.6 is 11.3 Å². The molecule has 150 valence electrons. The second kappa shape index (κ2) is 7.67. The number of carbonyl (C=O) groups excluding carboxylic acids is 1. The van der Waals surface area contributed by atoms with E-state index in [2.05, 4.69) is 10.7 Å². The van der Waals surface area contributed by atoms with Crippen molar-refractivity contribution in [2.75, 3.05) is 26.6 Å². The van der Waals surface area contributed by atoms with Crippen LogP contribution in [0.4, 0.5) is 5.69 Å². The number of ether oxygens (including phenoxy) is 3. The lowest BCUT2D eigenvalue weighted by Gasteiger charge is -2.25. The number of hydrogen-bond donors (Lipinski definition) is 2. The van der Waals surface area contributed by atoms with E-state index in [9.17, 15) is 9.90 Å². The number of aromatic hydroxyl groups is 1. The zero-order valence-electron chi connectivity index (χ0n) is 16.3. The Labute approximate surface area is 172 Å². The largest absolute Gasteiger partial charge is 0.502 e. The lowest BCUT2D eigenvalue weighted by Crippen LogP contribution is -2.22. The van der Waals surface area contributed by atoms with Gasteiger partial charge in [0.2, 0.25) is 11.7 Å². The predicted octanol–water partition coefficient (Wildman–Crippen LogP) is 4.62. The molecule has 7 heteroatoms. The number of hydrogen-bond acceptors (Lipinski definition) is 6. The van der Waals surface area contributed by atoms with Gasteiger partial charge in [-0.1, -0.05) is 12.1 Å². The topological polar surface area (TPSA) is 77.0 Å². The highest BCUT2D eigenvalue weighted by molar-refractivity contribution is 7.11. The van der Waals surface area contributed by atoms with Crippen molar-refractivity contribution in [1.29, 1.82) is 0 Å². The van der Waals surface area contributed by atoms with Crippen molar-refractivity contribution in [3.63, 3.8) is 0 Å². The fraction of sp³-hybridized carbons (Fsp3) is 0.227. The second-order valence-corrected chi connectivity index (χ2v) is 7.61. The van der Waals surface area contributed by atoms with Gasteiger partial charge in [0.25, 0.3) is 0 Å².